The van der Waals surface area contributed by atoms with E-state index in [2.05, 4.69) is 10.6 Å². The molecule has 2 amide bonds. The normalized spacial score (nSPS) is 10.5. The molecule has 7 nitrogen and oxygen atoms in total. The van der Waals surface area contributed by atoms with Crippen LogP contribution in [0.3, 0.4) is 0 Å². The third kappa shape index (κ3) is 2.71. The van der Waals surface area contributed by atoms with Crippen LogP contribution in [0.25, 0.3) is 22.1 Å². The fourth-order valence-corrected chi connectivity index (χ4v) is 2.37. The van der Waals surface area contributed by atoms with E-state index >= 15 is 0 Å². The minimum absolute atomic E-state index is 0.316. The molecule has 0 radical (unpaired) electrons. The van der Waals surface area contributed by atoms with Crippen LogP contribution in [0.1, 0.15) is 0 Å². The SMILES string of the molecule is CNC(=O)Nc1ccc2oc([N+](=O)[O-])c(-c3ccccc3)c2c1. The molecule has 0 saturated carbocycles. The largest absolute Gasteiger partial charge is 0.442 e. The second-order valence-corrected chi connectivity index (χ2v) is 4.82. The molecule has 0 aliphatic heterocycles. The van der Waals surface area contributed by atoms with Gasteiger partial charge in [-0.25, -0.2) is 4.79 Å². The van der Waals surface area contributed by atoms with Crippen molar-refractivity contribution in [1.29, 1.82) is 0 Å². The molecule has 116 valence electrons. The number of urea groups is 1. The Morgan fingerprint density at radius 1 is 1.17 bits per heavy atom. The van der Waals surface area contributed by atoms with E-state index in [0.717, 1.165) is 0 Å². The van der Waals surface area contributed by atoms with Gasteiger partial charge in [0.1, 0.15) is 16.1 Å². The Morgan fingerprint density at radius 2 is 1.91 bits per heavy atom. The summed E-state index contributed by atoms with van der Waals surface area (Å²) in [6.07, 6.45) is 0. The molecule has 0 fully saturated rings. The first kappa shape index (κ1) is 14.6. The van der Waals surface area contributed by atoms with Crippen molar-refractivity contribution in [3.63, 3.8) is 0 Å². The number of furan rings is 1. The van der Waals surface area contributed by atoms with E-state index < -0.39 is 4.92 Å². The summed E-state index contributed by atoms with van der Waals surface area (Å²) in [5.74, 6) is -0.316. The first-order valence-electron chi connectivity index (χ1n) is 6.85. The highest BCUT2D eigenvalue weighted by Crippen LogP contribution is 2.40. The summed E-state index contributed by atoms with van der Waals surface area (Å²) >= 11 is 0. The minimum atomic E-state index is -0.547. The van der Waals surface area contributed by atoms with Crippen LogP contribution < -0.4 is 10.6 Å². The summed E-state index contributed by atoms with van der Waals surface area (Å²) in [7, 11) is 1.51. The monoisotopic (exact) mass is 311 g/mol. The van der Waals surface area contributed by atoms with Gasteiger partial charge in [0.15, 0.2) is 0 Å². The molecule has 7 heteroatoms. The lowest BCUT2D eigenvalue weighted by atomic mass is 10.0. The van der Waals surface area contributed by atoms with Crippen molar-refractivity contribution < 1.29 is 14.1 Å². The number of carbonyl (C=O) groups excluding carboxylic acids is 1. The quantitative estimate of drug-likeness (QED) is 0.568. The van der Waals surface area contributed by atoms with Gasteiger partial charge in [0.25, 0.3) is 0 Å². The molecule has 3 aromatic rings. The topological polar surface area (TPSA) is 97.4 Å². The van der Waals surface area contributed by atoms with E-state index in [1.807, 2.05) is 6.07 Å². The molecule has 23 heavy (non-hydrogen) atoms. The second-order valence-electron chi connectivity index (χ2n) is 4.82. The van der Waals surface area contributed by atoms with Crippen LogP contribution in [0.15, 0.2) is 52.9 Å². The zero-order valence-corrected chi connectivity index (χ0v) is 12.2. The predicted octanol–water partition coefficient (Wildman–Crippen LogP) is 3.76. The Labute approximate surface area is 131 Å². The molecule has 1 heterocycles. The number of fused-ring (bicyclic) bond motifs is 1. The van der Waals surface area contributed by atoms with E-state index in [1.54, 1.807) is 42.5 Å². The molecule has 0 bridgehead atoms. The Balaban J connectivity index is 2.21. The van der Waals surface area contributed by atoms with Crippen molar-refractivity contribution >= 4 is 28.6 Å². The summed E-state index contributed by atoms with van der Waals surface area (Å²) in [5.41, 5.74) is 1.98. The number of rotatable bonds is 3. The molecule has 2 N–H and O–H groups in total. The standard InChI is InChI=1S/C16H13N3O4/c1-17-16(20)18-11-7-8-13-12(9-11)14(15(23-13)19(21)22)10-5-3-2-4-6-10/h2-9H,1H3,(H2,17,18,20). The molecule has 0 aliphatic carbocycles. The molecule has 0 atom stereocenters. The second kappa shape index (κ2) is 5.80. The van der Waals surface area contributed by atoms with Gasteiger partial charge in [-0.15, -0.1) is 0 Å². The lowest BCUT2D eigenvalue weighted by molar-refractivity contribution is -0.400. The molecule has 3 rings (SSSR count). The number of nitro groups is 1. The fraction of sp³-hybridized carbons (Fsp3) is 0.0625. The molecular formula is C16H13N3O4. The summed E-state index contributed by atoms with van der Waals surface area (Å²) in [6, 6.07) is 13.5. The van der Waals surface area contributed by atoms with Crippen molar-refractivity contribution in [3.8, 4) is 11.1 Å². The minimum Gasteiger partial charge on any atom is -0.400 e. The number of carbonyl (C=O) groups is 1. The Kier molecular flexibility index (Phi) is 3.68. The first-order chi connectivity index (χ1) is 11.1. The highest BCUT2D eigenvalue weighted by Gasteiger charge is 2.25. The van der Waals surface area contributed by atoms with Gasteiger partial charge < -0.3 is 15.1 Å². The van der Waals surface area contributed by atoms with Crippen LogP contribution in [-0.2, 0) is 0 Å². The maximum absolute atomic E-state index is 11.4. The number of benzene rings is 2. The number of hydrogen-bond acceptors (Lipinski definition) is 4. The molecule has 1 aromatic heterocycles. The zero-order chi connectivity index (χ0) is 16.4. The maximum Gasteiger partial charge on any atom is 0.442 e. The molecule has 2 aromatic carbocycles. The fourth-order valence-electron chi connectivity index (χ4n) is 2.37. The number of nitrogens with zero attached hydrogens (tertiary/aromatic N) is 1. The number of anilines is 1. The first-order valence-corrected chi connectivity index (χ1v) is 6.85. The third-order valence-corrected chi connectivity index (χ3v) is 3.38. The highest BCUT2D eigenvalue weighted by molar-refractivity contribution is 6.01. The predicted molar refractivity (Wildman–Crippen MR) is 86.4 cm³/mol. The van der Waals surface area contributed by atoms with Gasteiger partial charge in [-0.2, -0.15) is 0 Å². The van der Waals surface area contributed by atoms with Crippen LogP contribution in [-0.4, -0.2) is 18.0 Å². The number of nitrogens with one attached hydrogen (secondary N) is 2. The molecular weight excluding hydrogens is 298 g/mol. The highest BCUT2D eigenvalue weighted by atomic mass is 16.6. The van der Waals surface area contributed by atoms with E-state index in [4.69, 9.17) is 4.42 Å². The number of hydrogen-bond donors (Lipinski definition) is 2. The van der Waals surface area contributed by atoms with Crippen molar-refractivity contribution in [3.05, 3.63) is 58.6 Å². The van der Waals surface area contributed by atoms with Gasteiger partial charge in [0.2, 0.25) is 0 Å². The average molecular weight is 311 g/mol. The van der Waals surface area contributed by atoms with Gasteiger partial charge in [0, 0.05) is 18.1 Å². The van der Waals surface area contributed by atoms with E-state index in [-0.39, 0.29) is 11.9 Å². The lowest BCUT2D eigenvalue weighted by Gasteiger charge is -2.04. The Morgan fingerprint density at radius 3 is 2.57 bits per heavy atom. The van der Waals surface area contributed by atoms with Crippen LogP contribution >= 0.6 is 0 Å². The zero-order valence-electron chi connectivity index (χ0n) is 12.2. The lowest BCUT2D eigenvalue weighted by Crippen LogP contribution is -2.24. The molecule has 0 unspecified atom stereocenters. The number of amides is 2. The van der Waals surface area contributed by atoms with Crippen LogP contribution in [0, 0.1) is 10.1 Å². The van der Waals surface area contributed by atoms with Crippen LogP contribution in [0.2, 0.25) is 0 Å². The smallest absolute Gasteiger partial charge is 0.400 e. The Bertz CT molecular complexity index is 887. The van der Waals surface area contributed by atoms with Gasteiger partial charge in [-0.05, 0) is 23.8 Å². The van der Waals surface area contributed by atoms with Gasteiger partial charge in [-0.3, -0.25) is 10.1 Å². The van der Waals surface area contributed by atoms with Gasteiger partial charge >= 0.3 is 11.9 Å². The van der Waals surface area contributed by atoms with E-state index in [1.165, 1.54) is 7.05 Å². The van der Waals surface area contributed by atoms with Gasteiger partial charge in [-0.1, -0.05) is 30.3 Å². The maximum atomic E-state index is 11.4. The summed E-state index contributed by atoms with van der Waals surface area (Å²) in [4.78, 5) is 22.2. The van der Waals surface area contributed by atoms with Crippen LogP contribution in [0.4, 0.5) is 16.4 Å². The molecule has 0 saturated heterocycles. The van der Waals surface area contributed by atoms with Crippen molar-refractivity contribution in [2.24, 2.45) is 0 Å². The van der Waals surface area contributed by atoms with E-state index in [0.29, 0.717) is 27.8 Å². The summed E-state index contributed by atoms with van der Waals surface area (Å²) in [6.45, 7) is 0. The van der Waals surface area contributed by atoms with Gasteiger partial charge in [0.05, 0.1) is 0 Å². The molecule has 0 aliphatic rings. The molecule has 0 spiro atoms. The van der Waals surface area contributed by atoms with Crippen molar-refractivity contribution in [2.45, 2.75) is 0 Å². The summed E-state index contributed by atoms with van der Waals surface area (Å²) in [5, 5.41) is 17.0. The third-order valence-electron chi connectivity index (χ3n) is 3.38. The van der Waals surface area contributed by atoms with Crippen molar-refractivity contribution in [2.75, 3.05) is 12.4 Å². The van der Waals surface area contributed by atoms with Crippen LogP contribution in [0.5, 0.6) is 0 Å². The Hall–Kier alpha value is -3.35. The average Bonchev–Trinajstić information content (AvgIpc) is 2.94. The van der Waals surface area contributed by atoms with Crippen molar-refractivity contribution in [1.82, 2.24) is 5.32 Å². The summed E-state index contributed by atoms with van der Waals surface area (Å²) < 4.78 is 5.37. The van der Waals surface area contributed by atoms with E-state index in [9.17, 15) is 14.9 Å².